The van der Waals surface area contributed by atoms with Crippen LogP contribution in [0.4, 0.5) is 0 Å². The molecular weight excluding hydrogens is 319 g/mol. The van der Waals surface area contributed by atoms with Gasteiger partial charge in [-0.3, -0.25) is 25.2 Å². The van der Waals surface area contributed by atoms with Crippen molar-refractivity contribution in [1.29, 1.82) is 0 Å². The van der Waals surface area contributed by atoms with E-state index >= 15 is 0 Å². The zero-order valence-electron chi connectivity index (χ0n) is 11.2. The average Bonchev–Trinajstić information content (AvgIpc) is 2.43. The molecule has 0 saturated heterocycles. The Hall–Kier alpha value is -1.79. The zero-order chi connectivity index (χ0) is 15.8. The smallest absolute Gasteiger partial charge is 0.306 e. The van der Waals surface area contributed by atoms with E-state index in [-0.39, 0.29) is 30.0 Å². The van der Waals surface area contributed by atoms with Crippen molar-refractivity contribution in [2.24, 2.45) is 0 Å². The molecule has 1 aromatic rings. The topological polar surface area (TPSA) is 84.5 Å². The summed E-state index contributed by atoms with van der Waals surface area (Å²) in [6, 6.07) is 4.36. The third kappa shape index (κ3) is 6.01. The second kappa shape index (κ2) is 8.49. The van der Waals surface area contributed by atoms with Crippen molar-refractivity contribution < 1.29 is 19.1 Å². The summed E-state index contributed by atoms with van der Waals surface area (Å²) < 4.78 is 4.68. The van der Waals surface area contributed by atoms with Gasteiger partial charge in [-0.25, -0.2) is 0 Å². The third-order valence-corrected chi connectivity index (χ3v) is 2.90. The molecule has 0 unspecified atom stereocenters. The standard InChI is InChI=1S/C13H14Cl2N2O4/c1-2-21-12(19)6-5-11(18)16-17-13(20)9-4-3-8(14)7-10(9)15/h3-4,7H,2,5-6H2,1H3,(H,16,18)(H,17,20). The van der Waals surface area contributed by atoms with Gasteiger partial charge < -0.3 is 4.74 Å². The van der Waals surface area contributed by atoms with Crippen LogP contribution in [0.2, 0.25) is 10.0 Å². The molecule has 1 rings (SSSR count). The summed E-state index contributed by atoms with van der Waals surface area (Å²) in [7, 11) is 0. The molecule has 2 amide bonds. The third-order valence-electron chi connectivity index (χ3n) is 2.35. The normalized spacial score (nSPS) is 9.86. The summed E-state index contributed by atoms with van der Waals surface area (Å²) in [6.07, 6.45) is -0.148. The molecule has 1 aromatic carbocycles. The van der Waals surface area contributed by atoms with Gasteiger partial charge in [0.1, 0.15) is 0 Å². The predicted octanol–water partition coefficient (Wildman–Crippen LogP) is 2.10. The number of hydrogen-bond donors (Lipinski definition) is 2. The van der Waals surface area contributed by atoms with E-state index < -0.39 is 17.8 Å². The first-order valence-corrected chi connectivity index (χ1v) is 6.89. The number of carbonyl (C=O) groups excluding carboxylic acids is 3. The molecule has 0 atom stereocenters. The number of halogens is 2. The van der Waals surface area contributed by atoms with Gasteiger partial charge in [0, 0.05) is 11.4 Å². The lowest BCUT2D eigenvalue weighted by Gasteiger charge is -2.08. The molecule has 0 bridgehead atoms. The zero-order valence-corrected chi connectivity index (χ0v) is 12.8. The minimum atomic E-state index is -0.582. The van der Waals surface area contributed by atoms with Gasteiger partial charge in [0.25, 0.3) is 5.91 Å². The highest BCUT2D eigenvalue weighted by atomic mass is 35.5. The highest BCUT2D eigenvalue weighted by Gasteiger charge is 2.12. The number of amides is 2. The fraction of sp³-hybridized carbons (Fsp3) is 0.308. The first kappa shape index (κ1) is 17.3. The molecule has 0 spiro atoms. The minimum absolute atomic E-state index is 0.0583. The van der Waals surface area contributed by atoms with Gasteiger partial charge in [-0.15, -0.1) is 0 Å². The highest BCUT2D eigenvalue weighted by molar-refractivity contribution is 6.36. The van der Waals surface area contributed by atoms with E-state index in [0.717, 1.165) is 0 Å². The first-order valence-electron chi connectivity index (χ1n) is 6.14. The monoisotopic (exact) mass is 332 g/mol. The number of esters is 1. The maximum absolute atomic E-state index is 11.8. The molecule has 0 aliphatic heterocycles. The van der Waals surface area contributed by atoms with Crippen LogP contribution in [-0.4, -0.2) is 24.4 Å². The first-order chi connectivity index (χ1) is 9.93. The van der Waals surface area contributed by atoms with E-state index in [1.807, 2.05) is 0 Å². The minimum Gasteiger partial charge on any atom is -0.466 e. The summed E-state index contributed by atoms with van der Waals surface area (Å²) in [5.41, 5.74) is 4.55. The Balaban J connectivity index is 2.42. The van der Waals surface area contributed by atoms with Crippen LogP contribution in [0.5, 0.6) is 0 Å². The lowest BCUT2D eigenvalue weighted by atomic mass is 10.2. The summed E-state index contributed by atoms with van der Waals surface area (Å²) in [5, 5.41) is 0.566. The second-order valence-electron chi connectivity index (χ2n) is 3.93. The van der Waals surface area contributed by atoms with Crippen LogP contribution < -0.4 is 10.9 Å². The number of rotatable bonds is 5. The molecule has 114 valence electrons. The van der Waals surface area contributed by atoms with Crippen molar-refractivity contribution in [3.63, 3.8) is 0 Å². The molecule has 2 N–H and O–H groups in total. The Morgan fingerprint density at radius 1 is 1.14 bits per heavy atom. The Bertz CT molecular complexity index is 549. The molecule has 21 heavy (non-hydrogen) atoms. The Morgan fingerprint density at radius 2 is 1.86 bits per heavy atom. The van der Waals surface area contributed by atoms with Gasteiger partial charge in [0.2, 0.25) is 5.91 Å². The SMILES string of the molecule is CCOC(=O)CCC(=O)NNC(=O)c1ccc(Cl)cc1Cl. The average molecular weight is 333 g/mol. The molecule has 0 heterocycles. The molecule has 0 saturated carbocycles. The van der Waals surface area contributed by atoms with Crippen molar-refractivity contribution in [3.05, 3.63) is 33.8 Å². The van der Waals surface area contributed by atoms with Gasteiger partial charge in [-0.2, -0.15) is 0 Å². The molecule has 0 radical (unpaired) electrons. The van der Waals surface area contributed by atoms with E-state index in [9.17, 15) is 14.4 Å². The fourth-order valence-corrected chi connectivity index (χ4v) is 1.87. The van der Waals surface area contributed by atoms with E-state index in [4.69, 9.17) is 23.2 Å². The van der Waals surface area contributed by atoms with Crippen LogP contribution in [0, 0.1) is 0 Å². The predicted molar refractivity (Wildman–Crippen MR) is 77.9 cm³/mol. The van der Waals surface area contributed by atoms with E-state index in [1.54, 1.807) is 6.92 Å². The summed E-state index contributed by atoms with van der Waals surface area (Å²) in [4.78, 5) is 34.3. The van der Waals surface area contributed by atoms with Gasteiger partial charge >= 0.3 is 5.97 Å². The molecular formula is C13H14Cl2N2O4. The maximum Gasteiger partial charge on any atom is 0.306 e. The largest absolute Gasteiger partial charge is 0.466 e. The van der Waals surface area contributed by atoms with Gasteiger partial charge in [-0.05, 0) is 25.1 Å². The lowest BCUT2D eigenvalue weighted by molar-refractivity contribution is -0.144. The van der Waals surface area contributed by atoms with Crippen LogP contribution >= 0.6 is 23.2 Å². The van der Waals surface area contributed by atoms with Crippen LogP contribution in [0.1, 0.15) is 30.1 Å². The molecule has 0 aromatic heterocycles. The number of hydrogen-bond acceptors (Lipinski definition) is 4. The van der Waals surface area contributed by atoms with Crippen LogP contribution in [0.25, 0.3) is 0 Å². The van der Waals surface area contributed by atoms with Crippen LogP contribution in [0.15, 0.2) is 18.2 Å². The summed E-state index contributed by atoms with van der Waals surface area (Å²) in [6.45, 7) is 1.93. The number of hydrazine groups is 1. The van der Waals surface area contributed by atoms with Crippen molar-refractivity contribution in [2.75, 3.05) is 6.61 Å². The molecule has 0 aliphatic rings. The van der Waals surface area contributed by atoms with E-state index in [0.29, 0.717) is 5.02 Å². The summed E-state index contributed by atoms with van der Waals surface area (Å²) in [5.74, 6) is -1.57. The van der Waals surface area contributed by atoms with Gasteiger partial charge in [0.15, 0.2) is 0 Å². The van der Waals surface area contributed by atoms with E-state index in [2.05, 4.69) is 15.6 Å². The van der Waals surface area contributed by atoms with Crippen molar-refractivity contribution in [2.45, 2.75) is 19.8 Å². The fourth-order valence-electron chi connectivity index (χ4n) is 1.38. The van der Waals surface area contributed by atoms with Crippen LogP contribution in [-0.2, 0) is 14.3 Å². The second-order valence-corrected chi connectivity index (χ2v) is 4.78. The highest BCUT2D eigenvalue weighted by Crippen LogP contribution is 2.20. The molecule has 8 heteroatoms. The maximum atomic E-state index is 11.8. The lowest BCUT2D eigenvalue weighted by Crippen LogP contribution is -2.41. The number of carbonyl (C=O) groups is 3. The molecule has 6 nitrogen and oxygen atoms in total. The van der Waals surface area contributed by atoms with Gasteiger partial charge in [-0.1, -0.05) is 23.2 Å². The number of benzene rings is 1. The quantitative estimate of drug-likeness (QED) is 0.638. The number of ether oxygens (including phenoxy) is 1. The Morgan fingerprint density at radius 3 is 2.48 bits per heavy atom. The van der Waals surface area contributed by atoms with Crippen molar-refractivity contribution >= 4 is 41.0 Å². The van der Waals surface area contributed by atoms with Crippen molar-refractivity contribution in [3.8, 4) is 0 Å². The molecule has 0 aliphatic carbocycles. The van der Waals surface area contributed by atoms with Gasteiger partial charge in [0.05, 0.1) is 23.6 Å². The van der Waals surface area contributed by atoms with Crippen molar-refractivity contribution in [1.82, 2.24) is 10.9 Å². The Kier molecular flexibility index (Phi) is 6.98. The molecule has 0 fully saturated rings. The number of nitrogens with one attached hydrogen (secondary N) is 2. The van der Waals surface area contributed by atoms with E-state index in [1.165, 1.54) is 18.2 Å². The Labute approximate surface area is 131 Å². The van der Waals surface area contributed by atoms with Crippen LogP contribution in [0.3, 0.4) is 0 Å². The summed E-state index contributed by atoms with van der Waals surface area (Å²) >= 11 is 11.6.